The Hall–Kier alpha value is -3.35. The Bertz CT molecular complexity index is 852. The number of rotatable bonds is 9. The quantitative estimate of drug-likeness (QED) is 0.638. The van der Waals surface area contributed by atoms with E-state index in [1.165, 1.54) is 4.90 Å². The van der Waals surface area contributed by atoms with Crippen LogP contribution < -0.4 is 15.4 Å². The van der Waals surface area contributed by atoms with E-state index in [0.29, 0.717) is 12.3 Å². The number of hydrogen-bond donors (Lipinski definition) is 2. The Labute approximate surface area is 170 Å². The number of imide groups is 1. The summed E-state index contributed by atoms with van der Waals surface area (Å²) < 4.78 is 5.11. The summed E-state index contributed by atoms with van der Waals surface area (Å²) >= 11 is 0. The summed E-state index contributed by atoms with van der Waals surface area (Å²) in [5, 5.41) is 5.52. The number of methoxy groups -OCH3 is 1. The number of amides is 4. The van der Waals surface area contributed by atoms with Gasteiger partial charge in [-0.3, -0.25) is 14.5 Å². The van der Waals surface area contributed by atoms with Gasteiger partial charge in [0.15, 0.2) is 0 Å². The highest BCUT2D eigenvalue weighted by Crippen LogP contribution is 2.17. The van der Waals surface area contributed by atoms with Gasteiger partial charge in [0.1, 0.15) is 11.8 Å². The molecule has 2 aromatic carbocycles. The van der Waals surface area contributed by atoms with Crippen LogP contribution in [0.1, 0.15) is 24.0 Å². The summed E-state index contributed by atoms with van der Waals surface area (Å²) in [6.07, 6.45) is 1.21. The van der Waals surface area contributed by atoms with Crippen LogP contribution in [-0.4, -0.2) is 42.4 Å². The molecule has 7 nitrogen and oxygen atoms in total. The minimum absolute atomic E-state index is 0.128. The number of hydrogen-bond acceptors (Lipinski definition) is 4. The first-order valence-electron chi connectivity index (χ1n) is 9.62. The van der Waals surface area contributed by atoms with Crippen molar-refractivity contribution < 1.29 is 19.1 Å². The van der Waals surface area contributed by atoms with E-state index in [0.717, 1.165) is 17.5 Å². The molecule has 4 amide bonds. The van der Waals surface area contributed by atoms with E-state index in [9.17, 15) is 14.4 Å². The van der Waals surface area contributed by atoms with Gasteiger partial charge in [-0.25, -0.2) is 4.79 Å². The predicted molar refractivity (Wildman–Crippen MR) is 108 cm³/mol. The number of urea groups is 1. The lowest BCUT2D eigenvalue weighted by atomic mass is 10.1. The van der Waals surface area contributed by atoms with Crippen molar-refractivity contribution in [1.29, 1.82) is 0 Å². The van der Waals surface area contributed by atoms with E-state index in [4.69, 9.17) is 4.74 Å². The van der Waals surface area contributed by atoms with Crippen LogP contribution in [0.5, 0.6) is 5.75 Å². The van der Waals surface area contributed by atoms with Gasteiger partial charge in [-0.05, 0) is 36.1 Å². The van der Waals surface area contributed by atoms with E-state index >= 15 is 0 Å². The van der Waals surface area contributed by atoms with E-state index in [1.807, 2.05) is 42.5 Å². The average molecular weight is 395 g/mol. The van der Waals surface area contributed by atoms with Gasteiger partial charge in [-0.2, -0.15) is 0 Å². The number of nitrogens with zero attached hydrogens (tertiary/aromatic N) is 1. The Morgan fingerprint density at radius 1 is 1.07 bits per heavy atom. The maximum atomic E-state index is 12.5. The van der Waals surface area contributed by atoms with Crippen molar-refractivity contribution in [2.24, 2.45) is 0 Å². The molecule has 0 radical (unpaired) electrons. The summed E-state index contributed by atoms with van der Waals surface area (Å²) in [6.45, 7) is 0.728. The summed E-state index contributed by atoms with van der Waals surface area (Å²) in [5.74, 6) is 0.279. The summed E-state index contributed by atoms with van der Waals surface area (Å²) in [5.41, 5.74) is 1.98. The molecule has 0 aromatic heterocycles. The van der Waals surface area contributed by atoms with Gasteiger partial charge in [0.2, 0.25) is 5.91 Å². The van der Waals surface area contributed by atoms with E-state index in [-0.39, 0.29) is 31.2 Å². The van der Waals surface area contributed by atoms with Gasteiger partial charge in [-0.1, -0.05) is 42.5 Å². The maximum absolute atomic E-state index is 12.5. The van der Waals surface area contributed by atoms with Crippen LogP contribution >= 0.6 is 0 Å². The molecule has 29 heavy (non-hydrogen) atoms. The van der Waals surface area contributed by atoms with E-state index in [1.54, 1.807) is 19.2 Å². The van der Waals surface area contributed by atoms with Crippen molar-refractivity contribution >= 4 is 17.8 Å². The molecule has 1 saturated heterocycles. The smallest absolute Gasteiger partial charge is 0.325 e. The lowest BCUT2D eigenvalue weighted by Gasteiger charge is -2.13. The van der Waals surface area contributed by atoms with Gasteiger partial charge < -0.3 is 15.4 Å². The molecule has 1 aliphatic rings. The molecule has 3 rings (SSSR count). The highest BCUT2D eigenvalue weighted by atomic mass is 16.5. The zero-order valence-corrected chi connectivity index (χ0v) is 16.4. The van der Waals surface area contributed by atoms with Crippen LogP contribution in [0, 0.1) is 0 Å². The molecule has 1 heterocycles. The van der Waals surface area contributed by atoms with E-state index in [2.05, 4.69) is 10.6 Å². The van der Waals surface area contributed by atoms with Crippen LogP contribution in [0.15, 0.2) is 54.6 Å². The highest BCUT2D eigenvalue weighted by Gasteiger charge is 2.37. The number of benzene rings is 2. The summed E-state index contributed by atoms with van der Waals surface area (Å²) in [4.78, 5) is 37.9. The average Bonchev–Trinajstić information content (AvgIpc) is 3.01. The number of carbonyl (C=O) groups excluding carboxylic acids is 3. The fourth-order valence-corrected chi connectivity index (χ4v) is 3.19. The van der Waals surface area contributed by atoms with Gasteiger partial charge in [0.25, 0.3) is 5.91 Å². The standard InChI is InChI=1S/C22H25N3O4/c1-29-18-9-7-17(8-10-18)15-25-21(27)19(24-22(25)28)11-12-20(26)23-14-13-16-5-3-2-4-6-16/h2-10,19H,11-15H2,1H3,(H,23,26)(H,24,28)/t19-/m1/s1. The molecular weight excluding hydrogens is 370 g/mol. The number of carbonyl (C=O) groups is 3. The molecule has 2 N–H and O–H groups in total. The van der Waals surface area contributed by atoms with Gasteiger partial charge >= 0.3 is 6.03 Å². The number of ether oxygens (including phenoxy) is 1. The molecule has 0 saturated carbocycles. The lowest BCUT2D eigenvalue weighted by molar-refractivity contribution is -0.128. The van der Waals surface area contributed by atoms with Gasteiger partial charge in [-0.15, -0.1) is 0 Å². The SMILES string of the molecule is COc1ccc(CN2C(=O)N[C@H](CCC(=O)NCCc3ccccc3)C2=O)cc1. The monoisotopic (exact) mass is 395 g/mol. The fourth-order valence-electron chi connectivity index (χ4n) is 3.19. The van der Waals surface area contributed by atoms with Crippen molar-refractivity contribution in [2.75, 3.05) is 13.7 Å². The largest absolute Gasteiger partial charge is 0.497 e. The molecule has 0 bridgehead atoms. The molecule has 1 atom stereocenters. The molecule has 152 valence electrons. The molecule has 7 heteroatoms. The van der Waals surface area contributed by atoms with Crippen molar-refractivity contribution in [2.45, 2.75) is 31.8 Å². The third-order valence-electron chi connectivity index (χ3n) is 4.85. The second kappa shape index (κ2) is 9.73. The van der Waals surface area contributed by atoms with Gasteiger partial charge in [0.05, 0.1) is 13.7 Å². The normalized spacial score (nSPS) is 15.9. The first-order chi connectivity index (χ1) is 14.1. The van der Waals surface area contributed by atoms with Crippen LogP contribution in [0.4, 0.5) is 4.79 Å². The minimum atomic E-state index is -0.666. The Morgan fingerprint density at radius 2 is 1.79 bits per heavy atom. The first-order valence-corrected chi connectivity index (χ1v) is 9.62. The van der Waals surface area contributed by atoms with Crippen LogP contribution in [0.3, 0.4) is 0 Å². The summed E-state index contributed by atoms with van der Waals surface area (Å²) in [6, 6.07) is 16.0. The zero-order valence-electron chi connectivity index (χ0n) is 16.4. The van der Waals surface area contributed by atoms with Gasteiger partial charge in [0, 0.05) is 13.0 Å². The van der Waals surface area contributed by atoms with Crippen molar-refractivity contribution in [3.8, 4) is 5.75 Å². The van der Waals surface area contributed by atoms with Crippen LogP contribution in [-0.2, 0) is 22.6 Å². The molecule has 1 fully saturated rings. The Morgan fingerprint density at radius 3 is 2.48 bits per heavy atom. The van der Waals surface area contributed by atoms with Crippen LogP contribution in [0.25, 0.3) is 0 Å². The Balaban J connectivity index is 1.43. The minimum Gasteiger partial charge on any atom is -0.497 e. The molecule has 0 unspecified atom stereocenters. The lowest BCUT2D eigenvalue weighted by Crippen LogP contribution is -2.33. The van der Waals surface area contributed by atoms with Crippen molar-refractivity contribution in [3.63, 3.8) is 0 Å². The second-order valence-corrected chi connectivity index (χ2v) is 6.90. The molecule has 1 aliphatic heterocycles. The Kier molecular flexibility index (Phi) is 6.84. The molecule has 0 aliphatic carbocycles. The fraction of sp³-hybridized carbons (Fsp3) is 0.318. The molecule has 2 aromatic rings. The highest BCUT2D eigenvalue weighted by molar-refractivity contribution is 6.04. The topological polar surface area (TPSA) is 87.7 Å². The van der Waals surface area contributed by atoms with E-state index < -0.39 is 12.1 Å². The second-order valence-electron chi connectivity index (χ2n) is 6.90. The number of nitrogens with one attached hydrogen (secondary N) is 2. The molecule has 0 spiro atoms. The first kappa shape index (κ1) is 20.4. The summed E-state index contributed by atoms with van der Waals surface area (Å²) in [7, 11) is 1.58. The van der Waals surface area contributed by atoms with Crippen LogP contribution in [0.2, 0.25) is 0 Å². The third-order valence-corrected chi connectivity index (χ3v) is 4.85. The predicted octanol–water partition coefficient (Wildman–Crippen LogP) is 2.25. The van der Waals surface area contributed by atoms with Crippen molar-refractivity contribution in [1.82, 2.24) is 15.5 Å². The zero-order chi connectivity index (χ0) is 20.6. The molecular formula is C22H25N3O4. The van der Waals surface area contributed by atoms with Crippen molar-refractivity contribution in [3.05, 3.63) is 65.7 Å². The third kappa shape index (κ3) is 5.57. The maximum Gasteiger partial charge on any atom is 0.325 e.